The molecule has 7 nitrogen and oxygen atoms in total. The Morgan fingerprint density at radius 2 is 1.83 bits per heavy atom. The second-order valence-electron chi connectivity index (χ2n) is 4.87. The van der Waals surface area contributed by atoms with Gasteiger partial charge in [-0.15, -0.1) is 5.10 Å². The lowest BCUT2D eigenvalue weighted by Crippen LogP contribution is -2.19. The molecule has 1 aromatic heterocycles. The third-order valence-electron chi connectivity index (χ3n) is 3.06. The first-order chi connectivity index (χ1) is 11.7. The van der Waals surface area contributed by atoms with E-state index in [0.29, 0.717) is 11.4 Å². The number of carbonyl (C=O) groups is 1. The van der Waals surface area contributed by atoms with Gasteiger partial charge in [0.25, 0.3) is 5.82 Å². The van der Waals surface area contributed by atoms with E-state index in [1.165, 1.54) is 11.0 Å². The van der Waals surface area contributed by atoms with E-state index in [-0.39, 0.29) is 18.3 Å². The van der Waals surface area contributed by atoms with Gasteiger partial charge in [0, 0.05) is 5.69 Å². The number of nitrogens with one attached hydrogen (secondary N) is 1. The molecule has 3 aromatic rings. The number of hydrogen-bond donors (Lipinski definition) is 1. The number of aromatic nitrogens is 3. The molecule has 0 radical (unpaired) electrons. The topological polar surface area (TPSA) is 92.8 Å². The van der Waals surface area contributed by atoms with Crippen LogP contribution in [-0.2, 0) is 11.3 Å². The Kier molecular flexibility index (Phi) is 4.49. The molecule has 118 valence electrons. The molecule has 2 aromatic carbocycles. The first kappa shape index (κ1) is 15.2. The normalized spacial score (nSPS) is 9.96. The van der Waals surface area contributed by atoms with Crippen LogP contribution in [0.1, 0.15) is 5.82 Å². The average molecular weight is 319 g/mol. The smallest absolute Gasteiger partial charge is 0.252 e. The van der Waals surface area contributed by atoms with E-state index < -0.39 is 0 Å². The van der Waals surface area contributed by atoms with Crippen molar-refractivity contribution >= 4 is 11.6 Å². The van der Waals surface area contributed by atoms with Crippen molar-refractivity contribution in [3.05, 3.63) is 66.7 Å². The highest BCUT2D eigenvalue weighted by Crippen LogP contribution is 2.22. The Labute approximate surface area is 138 Å². The molecule has 0 aliphatic rings. The minimum atomic E-state index is -0.263. The second-order valence-corrected chi connectivity index (χ2v) is 4.87. The van der Waals surface area contributed by atoms with E-state index >= 15 is 0 Å². The van der Waals surface area contributed by atoms with Crippen LogP contribution in [0.3, 0.4) is 0 Å². The summed E-state index contributed by atoms with van der Waals surface area (Å²) in [5.41, 5.74) is 0.640. The molecule has 1 N–H and O–H groups in total. The highest BCUT2D eigenvalue weighted by molar-refractivity contribution is 5.90. The SMILES string of the molecule is N#Cc1ncn(CC(=O)Nc2ccc(Oc3ccccc3)cc2)n1. The number of carbonyl (C=O) groups excluding carboxylic acids is 1. The lowest BCUT2D eigenvalue weighted by molar-refractivity contribution is -0.116. The fourth-order valence-electron chi connectivity index (χ4n) is 2.00. The zero-order chi connectivity index (χ0) is 16.8. The van der Waals surface area contributed by atoms with Gasteiger partial charge in [0.05, 0.1) is 0 Å². The van der Waals surface area contributed by atoms with Gasteiger partial charge in [-0.2, -0.15) is 5.26 Å². The predicted octanol–water partition coefficient (Wildman–Crippen LogP) is 2.58. The van der Waals surface area contributed by atoms with Crippen molar-refractivity contribution in [3.8, 4) is 17.6 Å². The van der Waals surface area contributed by atoms with Crippen LogP contribution in [0.4, 0.5) is 5.69 Å². The lowest BCUT2D eigenvalue weighted by Gasteiger charge is -2.08. The summed E-state index contributed by atoms with van der Waals surface area (Å²) in [7, 11) is 0. The third kappa shape index (κ3) is 3.96. The molecule has 7 heteroatoms. The Morgan fingerprint density at radius 3 is 2.50 bits per heavy atom. The van der Waals surface area contributed by atoms with Crippen molar-refractivity contribution in [1.82, 2.24) is 14.8 Å². The first-order valence-electron chi connectivity index (χ1n) is 7.15. The number of para-hydroxylation sites is 1. The molecule has 0 unspecified atom stereocenters. The van der Waals surface area contributed by atoms with E-state index in [9.17, 15) is 4.79 Å². The molecule has 24 heavy (non-hydrogen) atoms. The maximum Gasteiger partial charge on any atom is 0.252 e. The Bertz CT molecular complexity index is 866. The Hall–Kier alpha value is -3.66. The van der Waals surface area contributed by atoms with E-state index in [1.807, 2.05) is 36.4 Å². The minimum absolute atomic E-state index is 0.0169. The number of amides is 1. The molecule has 0 fully saturated rings. The molecule has 3 rings (SSSR count). The predicted molar refractivity (Wildman–Crippen MR) is 86.3 cm³/mol. The van der Waals surface area contributed by atoms with Crippen LogP contribution in [0.25, 0.3) is 0 Å². The number of nitrogens with zero attached hydrogens (tertiary/aromatic N) is 4. The van der Waals surface area contributed by atoms with Crippen LogP contribution in [-0.4, -0.2) is 20.7 Å². The summed E-state index contributed by atoms with van der Waals surface area (Å²) in [6.45, 7) is -0.0169. The van der Waals surface area contributed by atoms with Crippen LogP contribution in [0.15, 0.2) is 60.9 Å². The van der Waals surface area contributed by atoms with Crippen LogP contribution >= 0.6 is 0 Å². The van der Waals surface area contributed by atoms with Crippen LogP contribution in [0.2, 0.25) is 0 Å². The maximum absolute atomic E-state index is 11.9. The number of anilines is 1. The summed E-state index contributed by atoms with van der Waals surface area (Å²) >= 11 is 0. The van der Waals surface area contributed by atoms with Crippen molar-refractivity contribution in [2.45, 2.75) is 6.54 Å². The Morgan fingerprint density at radius 1 is 1.12 bits per heavy atom. The van der Waals surface area contributed by atoms with Crippen molar-refractivity contribution in [2.24, 2.45) is 0 Å². The largest absolute Gasteiger partial charge is 0.457 e. The summed E-state index contributed by atoms with van der Waals surface area (Å²) in [6, 6.07) is 18.3. The van der Waals surface area contributed by atoms with Crippen LogP contribution < -0.4 is 10.1 Å². The fraction of sp³-hybridized carbons (Fsp3) is 0.0588. The molecule has 0 aliphatic heterocycles. The first-order valence-corrected chi connectivity index (χ1v) is 7.15. The van der Waals surface area contributed by atoms with Gasteiger partial charge in [-0.1, -0.05) is 18.2 Å². The van der Waals surface area contributed by atoms with Gasteiger partial charge in [-0.05, 0) is 36.4 Å². The van der Waals surface area contributed by atoms with Crippen molar-refractivity contribution < 1.29 is 9.53 Å². The lowest BCUT2D eigenvalue weighted by atomic mass is 10.3. The molecule has 0 saturated carbocycles. The molecular weight excluding hydrogens is 306 g/mol. The molecule has 0 atom stereocenters. The van der Waals surface area contributed by atoms with Gasteiger partial charge in [0.15, 0.2) is 0 Å². The van der Waals surface area contributed by atoms with E-state index in [2.05, 4.69) is 15.4 Å². The molecule has 1 amide bonds. The fourth-order valence-corrected chi connectivity index (χ4v) is 2.00. The monoisotopic (exact) mass is 319 g/mol. The van der Waals surface area contributed by atoms with E-state index in [0.717, 1.165) is 5.75 Å². The molecule has 0 spiro atoms. The Balaban J connectivity index is 1.57. The van der Waals surface area contributed by atoms with Crippen LogP contribution in [0, 0.1) is 11.3 Å². The number of benzene rings is 2. The number of ether oxygens (including phenoxy) is 1. The molecule has 0 saturated heterocycles. The quantitative estimate of drug-likeness (QED) is 0.780. The number of nitriles is 1. The van der Waals surface area contributed by atoms with E-state index in [4.69, 9.17) is 10.00 Å². The van der Waals surface area contributed by atoms with Crippen LogP contribution in [0.5, 0.6) is 11.5 Å². The molecule has 1 heterocycles. The zero-order valence-electron chi connectivity index (χ0n) is 12.6. The van der Waals surface area contributed by atoms with Gasteiger partial charge in [-0.3, -0.25) is 4.79 Å². The van der Waals surface area contributed by atoms with Gasteiger partial charge < -0.3 is 10.1 Å². The van der Waals surface area contributed by atoms with Crippen molar-refractivity contribution in [1.29, 1.82) is 5.26 Å². The summed E-state index contributed by atoms with van der Waals surface area (Å²) in [6.07, 6.45) is 1.34. The molecule has 0 bridgehead atoms. The highest BCUT2D eigenvalue weighted by atomic mass is 16.5. The molecular formula is C17H13N5O2. The van der Waals surface area contributed by atoms with Crippen molar-refractivity contribution in [2.75, 3.05) is 5.32 Å². The third-order valence-corrected chi connectivity index (χ3v) is 3.06. The average Bonchev–Trinajstić information content (AvgIpc) is 3.05. The summed E-state index contributed by atoms with van der Waals surface area (Å²) in [5.74, 6) is 1.19. The zero-order valence-corrected chi connectivity index (χ0v) is 12.6. The standard InChI is InChI=1S/C17H13N5O2/c18-10-16-19-12-22(21-16)11-17(23)20-13-6-8-15(9-7-13)24-14-4-2-1-3-5-14/h1-9,12H,11H2,(H,20,23). The van der Waals surface area contributed by atoms with Gasteiger partial charge in [-0.25, -0.2) is 9.67 Å². The number of hydrogen-bond acceptors (Lipinski definition) is 5. The van der Waals surface area contributed by atoms with Gasteiger partial charge in [0.1, 0.15) is 30.4 Å². The maximum atomic E-state index is 11.9. The van der Waals surface area contributed by atoms with E-state index in [1.54, 1.807) is 24.3 Å². The van der Waals surface area contributed by atoms with Gasteiger partial charge >= 0.3 is 0 Å². The van der Waals surface area contributed by atoms with Gasteiger partial charge in [0.2, 0.25) is 5.91 Å². The van der Waals surface area contributed by atoms with Crippen molar-refractivity contribution in [3.63, 3.8) is 0 Å². The second kappa shape index (κ2) is 7.07. The minimum Gasteiger partial charge on any atom is -0.457 e. The summed E-state index contributed by atoms with van der Waals surface area (Å²) in [5, 5.41) is 15.2. The summed E-state index contributed by atoms with van der Waals surface area (Å²) in [4.78, 5) is 15.7. The summed E-state index contributed by atoms with van der Waals surface area (Å²) < 4.78 is 6.99. The molecule has 0 aliphatic carbocycles. The highest BCUT2D eigenvalue weighted by Gasteiger charge is 2.06. The number of rotatable bonds is 5.